The fourth-order valence-corrected chi connectivity index (χ4v) is 3.32. The molecule has 0 spiro atoms. The van der Waals surface area contributed by atoms with Crippen molar-refractivity contribution in [3.63, 3.8) is 0 Å². The molecule has 0 bridgehead atoms. The van der Waals surface area contributed by atoms with Gasteiger partial charge in [-0.05, 0) is 48.9 Å². The van der Waals surface area contributed by atoms with Crippen molar-refractivity contribution in [2.45, 2.75) is 33.0 Å². The fraction of sp³-hybridized carbons (Fsp3) is 0.227. The molecule has 0 radical (unpaired) electrons. The molecule has 0 aliphatic heterocycles. The summed E-state index contributed by atoms with van der Waals surface area (Å²) in [6.07, 6.45) is 1.98. The number of carbonyl (C=O) groups is 2. The Morgan fingerprint density at radius 2 is 1.79 bits per heavy atom. The Hall–Kier alpha value is -2.99. The largest absolute Gasteiger partial charge is 0.487 e. The Balaban J connectivity index is 1.39. The summed E-state index contributed by atoms with van der Waals surface area (Å²) in [5.74, 6) is 0.319. The summed E-state index contributed by atoms with van der Waals surface area (Å²) in [7, 11) is 0. The van der Waals surface area contributed by atoms with Crippen molar-refractivity contribution in [1.29, 1.82) is 0 Å². The third kappa shape index (κ3) is 6.03. The molecule has 0 saturated carbocycles. The number of pyridine rings is 1. The molecule has 2 aromatic heterocycles. The first-order chi connectivity index (χ1) is 13.6. The lowest BCUT2D eigenvalue weighted by Gasteiger charge is -2.08. The summed E-state index contributed by atoms with van der Waals surface area (Å²) < 4.78 is 10.9. The SMILES string of the molecule is Cc1ccc(C(=O)CCC(=O)OCc2ccc(OCc3ccccn3)cc2)s1. The van der Waals surface area contributed by atoms with Gasteiger partial charge in [-0.1, -0.05) is 18.2 Å². The molecule has 5 nitrogen and oxygen atoms in total. The van der Waals surface area contributed by atoms with Crippen LogP contribution in [0.15, 0.2) is 60.8 Å². The van der Waals surface area contributed by atoms with Gasteiger partial charge in [-0.15, -0.1) is 11.3 Å². The molecule has 2 heterocycles. The second kappa shape index (κ2) is 9.80. The molecule has 0 unspecified atom stereocenters. The number of aromatic nitrogens is 1. The van der Waals surface area contributed by atoms with Gasteiger partial charge in [0.15, 0.2) is 5.78 Å². The fourth-order valence-electron chi connectivity index (χ4n) is 2.48. The van der Waals surface area contributed by atoms with Crippen LogP contribution in [0.25, 0.3) is 0 Å². The van der Waals surface area contributed by atoms with Gasteiger partial charge in [0.05, 0.1) is 17.0 Å². The van der Waals surface area contributed by atoms with Gasteiger partial charge in [-0.3, -0.25) is 14.6 Å². The van der Waals surface area contributed by atoms with Crippen LogP contribution in [-0.2, 0) is 22.7 Å². The number of rotatable bonds is 9. The third-order valence-electron chi connectivity index (χ3n) is 4.01. The zero-order chi connectivity index (χ0) is 19.8. The molecule has 0 amide bonds. The molecule has 0 aliphatic rings. The van der Waals surface area contributed by atoms with Crippen molar-refractivity contribution in [1.82, 2.24) is 4.98 Å². The summed E-state index contributed by atoms with van der Waals surface area (Å²) in [6.45, 7) is 2.52. The maximum atomic E-state index is 12.0. The van der Waals surface area contributed by atoms with Crippen LogP contribution in [0.3, 0.4) is 0 Å². The minimum atomic E-state index is -0.378. The summed E-state index contributed by atoms with van der Waals surface area (Å²) >= 11 is 1.44. The number of benzene rings is 1. The lowest BCUT2D eigenvalue weighted by Crippen LogP contribution is -2.07. The first-order valence-electron chi connectivity index (χ1n) is 8.97. The molecular weight excluding hydrogens is 374 g/mol. The van der Waals surface area contributed by atoms with E-state index in [4.69, 9.17) is 9.47 Å². The van der Waals surface area contributed by atoms with Gasteiger partial charge in [-0.25, -0.2) is 0 Å². The highest BCUT2D eigenvalue weighted by atomic mass is 32.1. The highest BCUT2D eigenvalue weighted by Crippen LogP contribution is 2.18. The maximum Gasteiger partial charge on any atom is 0.306 e. The van der Waals surface area contributed by atoms with E-state index in [1.165, 1.54) is 11.3 Å². The van der Waals surface area contributed by atoms with Crippen molar-refractivity contribution >= 4 is 23.1 Å². The molecule has 0 aliphatic carbocycles. The van der Waals surface area contributed by atoms with Crippen LogP contribution >= 0.6 is 11.3 Å². The maximum absolute atomic E-state index is 12.0. The van der Waals surface area contributed by atoms with Gasteiger partial charge in [0.1, 0.15) is 19.0 Å². The van der Waals surface area contributed by atoms with Crippen molar-refractivity contribution in [3.05, 3.63) is 81.8 Å². The zero-order valence-electron chi connectivity index (χ0n) is 15.6. The molecule has 0 fully saturated rings. The Morgan fingerprint density at radius 3 is 2.46 bits per heavy atom. The number of carbonyl (C=O) groups excluding carboxylic acids is 2. The molecular formula is C22H21NO4S. The van der Waals surface area contributed by atoms with E-state index in [-0.39, 0.29) is 31.2 Å². The molecule has 144 valence electrons. The minimum absolute atomic E-state index is 0.0237. The predicted molar refractivity (Wildman–Crippen MR) is 107 cm³/mol. The average Bonchev–Trinajstić information content (AvgIpc) is 3.17. The first kappa shape index (κ1) is 19.8. The van der Waals surface area contributed by atoms with Crippen LogP contribution in [0.2, 0.25) is 0 Å². The van der Waals surface area contributed by atoms with E-state index >= 15 is 0 Å². The second-order valence-corrected chi connectivity index (χ2v) is 7.54. The van der Waals surface area contributed by atoms with Gasteiger partial charge in [0, 0.05) is 17.5 Å². The summed E-state index contributed by atoms with van der Waals surface area (Å²) in [6, 6.07) is 16.7. The molecule has 0 atom stereocenters. The normalized spacial score (nSPS) is 10.5. The van der Waals surface area contributed by atoms with Crippen LogP contribution < -0.4 is 4.74 Å². The molecule has 1 aromatic carbocycles. The number of thiophene rings is 1. The zero-order valence-corrected chi connectivity index (χ0v) is 16.4. The van der Waals surface area contributed by atoms with Crippen molar-refractivity contribution in [2.24, 2.45) is 0 Å². The van der Waals surface area contributed by atoms with Gasteiger partial charge < -0.3 is 9.47 Å². The van der Waals surface area contributed by atoms with Crippen molar-refractivity contribution in [2.75, 3.05) is 0 Å². The minimum Gasteiger partial charge on any atom is -0.487 e. The number of aryl methyl sites for hydroxylation is 1. The van der Waals surface area contributed by atoms with Crippen LogP contribution in [0, 0.1) is 6.92 Å². The van der Waals surface area contributed by atoms with E-state index < -0.39 is 0 Å². The van der Waals surface area contributed by atoms with E-state index in [9.17, 15) is 9.59 Å². The number of Topliss-reactive ketones (excluding diaryl/α,β-unsaturated/α-hetero) is 1. The van der Waals surface area contributed by atoms with Gasteiger partial charge in [0.25, 0.3) is 0 Å². The lowest BCUT2D eigenvalue weighted by atomic mass is 10.2. The van der Waals surface area contributed by atoms with Crippen LogP contribution in [-0.4, -0.2) is 16.7 Å². The standard InChI is InChI=1S/C22H21NO4S/c1-16-5-11-21(28-16)20(24)10-12-22(25)27-14-17-6-8-19(9-7-17)26-15-18-4-2-3-13-23-18/h2-9,11,13H,10,12,14-15H2,1H3. The third-order valence-corrected chi connectivity index (χ3v) is 5.05. The van der Waals surface area contributed by atoms with Gasteiger partial charge in [0.2, 0.25) is 0 Å². The quantitative estimate of drug-likeness (QED) is 0.387. The summed E-state index contributed by atoms with van der Waals surface area (Å²) in [5, 5.41) is 0. The van der Waals surface area contributed by atoms with E-state index in [1.807, 2.05) is 55.5 Å². The van der Waals surface area contributed by atoms with E-state index in [2.05, 4.69) is 4.98 Å². The Bertz CT molecular complexity index is 919. The van der Waals surface area contributed by atoms with E-state index in [0.29, 0.717) is 11.5 Å². The molecule has 3 aromatic rings. The molecule has 0 saturated heterocycles. The van der Waals surface area contributed by atoms with Crippen molar-refractivity contribution < 1.29 is 19.1 Å². The second-order valence-electron chi connectivity index (χ2n) is 6.25. The highest BCUT2D eigenvalue weighted by Gasteiger charge is 2.12. The molecule has 3 rings (SSSR count). The van der Waals surface area contributed by atoms with E-state index in [0.717, 1.165) is 21.9 Å². The number of ketones is 1. The lowest BCUT2D eigenvalue weighted by molar-refractivity contribution is -0.144. The first-order valence-corrected chi connectivity index (χ1v) is 9.79. The molecule has 6 heteroatoms. The Morgan fingerprint density at radius 1 is 0.964 bits per heavy atom. The van der Waals surface area contributed by atoms with Gasteiger partial charge >= 0.3 is 5.97 Å². The predicted octanol–water partition coefficient (Wildman–Crippen LogP) is 4.74. The number of nitrogens with zero attached hydrogens (tertiary/aromatic N) is 1. The average molecular weight is 395 g/mol. The van der Waals surface area contributed by atoms with Crippen LogP contribution in [0.5, 0.6) is 5.75 Å². The molecule has 28 heavy (non-hydrogen) atoms. The van der Waals surface area contributed by atoms with Crippen LogP contribution in [0.1, 0.15) is 38.6 Å². The Labute approximate surface area is 168 Å². The Kier molecular flexibility index (Phi) is 6.92. The number of hydrogen-bond acceptors (Lipinski definition) is 6. The smallest absolute Gasteiger partial charge is 0.306 e. The monoisotopic (exact) mass is 395 g/mol. The van der Waals surface area contributed by atoms with E-state index in [1.54, 1.807) is 12.3 Å². The number of esters is 1. The summed E-state index contributed by atoms with van der Waals surface area (Å²) in [5.41, 5.74) is 1.71. The van der Waals surface area contributed by atoms with Crippen LogP contribution in [0.4, 0.5) is 0 Å². The topological polar surface area (TPSA) is 65.5 Å². The van der Waals surface area contributed by atoms with Gasteiger partial charge in [-0.2, -0.15) is 0 Å². The van der Waals surface area contributed by atoms with Crippen molar-refractivity contribution in [3.8, 4) is 5.75 Å². The summed E-state index contributed by atoms with van der Waals surface area (Å²) in [4.78, 5) is 29.9. The number of ether oxygens (including phenoxy) is 2. The number of hydrogen-bond donors (Lipinski definition) is 0. The highest BCUT2D eigenvalue weighted by molar-refractivity contribution is 7.14. The molecule has 0 N–H and O–H groups in total.